The maximum Gasteiger partial charge on any atom is 0.311 e. The highest BCUT2D eigenvalue weighted by Crippen LogP contribution is 2.32. The second-order valence-electron chi connectivity index (χ2n) is 9.91. The van der Waals surface area contributed by atoms with E-state index in [1.54, 1.807) is 20.8 Å². The molecular formula is C22H43NO7. The van der Waals surface area contributed by atoms with Gasteiger partial charge in [0, 0.05) is 18.5 Å². The van der Waals surface area contributed by atoms with Crippen molar-refractivity contribution in [1.29, 1.82) is 0 Å². The van der Waals surface area contributed by atoms with Crippen LogP contribution in [0.3, 0.4) is 0 Å². The normalized spacial score (nSPS) is 48.5. The number of rotatable bonds is 1. The summed E-state index contributed by atoms with van der Waals surface area (Å²) >= 11 is 0. The second-order valence-corrected chi connectivity index (χ2v) is 9.91. The molecule has 1 aliphatic rings. The molecule has 0 amide bonds. The number of aliphatic hydroxyl groups excluding tert-OH is 3. The topological polar surface area (TPSA) is 131 Å². The minimum Gasteiger partial charge on any atom is -0.459 e. The van der Waals surface area contributed by atoms with Gasteiger partial charge in [0.1, 0.15) is 11.7 Å². The Bertz CT molecular complexity index is 568. The fourth-order valence-electron chi connectivity index (χ4n) is 4.59. The van der Waals surface area contributed by atoms with Crippen molar-refractivity contribution in [2.24, 2.45) is 17.8 Å². The molecule has 1 fully saturated rings. The molecule has 0 saturated carbocycles. The highest BCUT2D eigenvalue weighted by molar-refractivity contribution is 5.73. The predicted octanol–water partition coefficient (Wildman–Crippen LogP) is 0.525. The van der Waals surface area contributed by atoms with Crippen LogP contribution in [0.4, 0.5) is 0 Å². The molecule has 0 aromatic heterocycles. The van der Waals surface area contributed by atoms with Gasteiger partial charge in [-0.2, -0.15) is 0 Å². The number of hydrogen-bond donors (Lipinski definition) is 5. The van der Waals surface area contributed by atoms with E-state index in [1.807, 2.05) is 18.9 Å². The lowest BCUT2D eigenvalue weighted by atomic mass is 9.79. The van der Waals surface area contributed by atoms with E-state index in [1.165, 1.54) is 20.8 Å². The predicted molar refractivity (Wildman–Crippen MR) is 114 cm³/mol. The van der Waals surface area contributed by atoms with Crippen molar-refractivity contribution in [3.05, 3.63) is 0 Å². The summed E-state index contributed by atoms with van der Waals surface area (Å²) in [6.45, 7) is 11.9. The van der Waals surface area contributed by atoms with Gasteiger partial charge in [0.2, 0.25) is 0 Å². The van der Waals surface area contributed by atoms with Crippen LogP contribution in [-0.2, 0) is 9.53 Å². The van der Waals surface area contributed by atoms with Gasteiger partial charge in [-0.1, -0.05) is 20.8 Å². The summed E-state index contributed by atoms with van der Waals surface area (Å²) in [6.07, 6.45) is -4.16. The minimum absolute atomic E-state index is 0.152. The van der Waals surface area contributed by atoms with E-state index in [0.717, 1.165) is 0 Å². The first-order valence-electron chi connectivity index (χ1n) is 11.0. The Morgan fingerprint density at radius 2 is 1.60 bits per heavy atom. The zero-order valence-electron chi connectivity index (χ0n) is 19.7. The molecular weight excluding hydrogens is 390 g/mol. The first-order chi connectivity index (χ1) is 13.6. The van der Waals surface area contributed by atoms with E-state index in [2.05, 4.69) is 0 Å². The van der Waals surface area contributed by atoms with Crippen molar-refractivity contribution in [2.75, 3.05) is 13.6 Å². The lowest BCUT2D eigenvalue weighted by Gasteiger charge is -2.41. The maximum atomic E-state index is 12.7. The zero-order chi connectivity index (χ0) is 23.6. The van der Waals surface area contributed by atoms with Gasteiger partial charge in [-0.3, -0.25) is 4.79 Å². The molecule has 8 nitrogen and oxygen atoms in total. The smallest absolute Gasteiger partial charge is 0.311 e. The molecule has 1 heterocycles. The number of cyclic esters (lactones) is 1. The van der Waals surface area contributed by atoms with Gasteiger partial charge >= 0.3 is 5.97 Å². The molecule has 0 bridgehead atoms. The lowest BCUT2D eigenvalue weighted by molar-refractivity contribution is -0.193. The zero-order valence-corrected chi connectivity index (χ0v) is 19.7. The van der Waals surface area contributed by atoms with E-state index in [4.69, 9.17) is 4.74 Å². The van der Waals surface area contributed by atoms with Crippen molar-refractivity contribution in [2.45, 2.75) is 103 Å². The van der Waals surface area contributed by atoms with Crippen LogP contribution < -0.4 is 0 Å². The van der Waals surface area contributed by atoms with Crippen molar-refractivity contribution < 1.29 is 35.1 Å². The minimum atomic E-state index is -1.69. The van der Waals surface area contributed by atoms with Gasteiger partial charge in [0.15, 0.2) is 0 Å². The van der Waals surface area contributed by atoms with E-state index in [-0.39, 0.29) is 24.8 Å². The van der Waals surface area contributed by atoms with E-state index in [9.17, 15) is 30.3 Å². The molecule has 178 valence electrons. The van der Waals surface area contributed by atoms with Crippen molar-refractivity contribution >= 4 is 5.97 Å². The van der Waals surface area contributed by atoms with E-state index >= 15 is 0 Å². The summed E-state index contributed by atoms with van der Waals surface area (Å²) in [5, 5.41) is 54.3. The molecule has 30 heavy (non-hydrogen) atoms. The van der Waals surface area contributed by atoms with Crippen LogP contribution in [0, 0.1) is 17.8 Å². The number of carbonyl (C=O) groups is 1. The summed E-state index contributed by atoms with van der Waals surface area (Å²) in [7, 11) is 1.85. The Kier molecular flexibility index (Phi) is 9.30. The van der Waals surface area contributed by atoms with Gasteiger partial charge in [-0.05, 0) is 53.5 Å². The Morgan fingerprint density at radius 3 is 2.10 bits per heavy atom. The molecule has 0 aromatic rings. The fraction of sp³-hybridized carbons (Fsp3) is 0.955. The molecule has 0 spiro atoms. The van der Waals surface area contributed by atoms with Crippen LogP contribution in [0.1, 0.15) is 61.3 Å². The summed E-state index contributed by atoms with van der Waals surface area (Å²) < 4.78 is 5.51. The van der Waals surface area contributed by atoms with Gasteiger partial charge in [-0.25, -0.2) is 0 Å². The lowest BCUT2D eigenvalue weighted by Crippen LogP contribution is -2.55. The highest BCUT2D eigenvalue weighted by Gasteiger charge is 2.46. The molecule has 0 radical (unpaired) electrons. The molecule has 0 unspecified atom stereocenters. The fourth-order valence-corrected chi connectivity index (χ4v) is 4.59. The second kappa shape index (κ2) is 10.2. The van der Waals surface area contributed by atoms with Crippen LogP contribution in [0.25, 0.3) is 0 Å². The average molecular weight is 434 g/mol. The van der Waals surface area contributed by atoms with Gasteiger partial charge in [0.25, 0.3) is 0 Å². The first-order valence-corrected chi connectivity index (χ1v) is 11.0. The Labute approximate surface area is 180 Å². The van der Waals surface area contributed by atoms with Gasteiger partial charge < -0.3 is 35.2 Å². The van der Waals surface area contributed by atoms with Gasteiger partial charge in [-0.15, -0.1) is 0 Å². The van der Waals surface area contributed by atoms with Gasteiger partial charge in [0.05, 0.1) is 29.8 Å². The van der Waals surface area contributed by atoms with Crippen LogP contribution in [0.5, 0.6) is 0 Å². The van der Waals surface area contributed by atoms with Crippen molar-refractivity contribution in [3.8, 4) is 0 Å². The molecule has 1 rings (SSSR count). The SMILES string of the molecule is CC[C@H]1OC(=O)[C@H](C)[C@@H](O)[C@H](C)[C@@H](O)[C@](C)(O)C[C@@H](C)N(C)C[C@H](C)[C@@H](O)[C@]1(C)O. The Hall–Kier alpha value is -0.770. The quantitative estimate of drug-likeness (QED) is 0.379. The number of aliphatic hydroxyl groups is 5. The summed E-state index contributed by atoms with van der Waals surface area (Å²) in [5.41, 5.74) is -3.19. The third kappa shape index (κ3) is 5.93. The van der Waals surface area contributed by atoms with Crippen LogP contribution in [0.15, 0.2) is 0 Å². The summed E-state index contributed by atoms with van der Waals surface area (Å²) in [6, 6.07) is -0.152. The van der Waals surface area contributed by atoms with Crippen molar-refractivity contribution in [3.63, 3.8) is 0 Å². The average Bonchev–Trinajstić information content (AvgIpc) is 2.67. The summed E-state index contributed by atoms with van der Waals surface area (Å²) in [5.74, 6) is -2.87. The monoisotopic (exact) mass is 433 g/mol. The Morgan fingerprint density at radius 1 is 1.07 bits per heavy atom. The number of nitrogens with zero attached hydrogens (tertiary/aromatic N) is 1. The van der Waals surface area contributed by atoms with Crippen LogP contribution >= 0.6 is 0 Å². The van der Waals surface area contributed by atoms with E-state index < -0.39 is 53.4 Å². The van der Waals surface area contributed by atoms with Crippen LogP contribution in [0.2, 0.25) is 0 Å². The molecule has 0 aromatic carbocycles. The number of ether oxygens (including phenoxy) is 1. The standard InChI is InChI=1S/C22H43NO7/c1-9-16-22(7,29)18(25)12(2)11-23(8)13(3)10-21(6,28)19(26)14(4)17(24)15(5)20(27)30-16/h12-19,24-26,28-29H,9-11H2,1-8H3/t12-,13+,14-,15+,16+,17-,18+,19+,21+,22+/m0/s1. The molecule has 1 aliphatic heterocycles. The first kappa shape index (κ1) is 27.3. The van der Waals surface area contributed by atoms with Crippen LogP contribution in [-0.4, -0.2) is 91.7 Å². The summed E-state index contributed by atoms with van der Waals surface area (Å²) in [4.78, 5) is 14.6. The largest absolute Gasteiger partial charge is 0.459 e. The van der Waals surface area contributed by atoms with E-state index in [0.29, 0.717) is 6.54 Å². The number of esters is 1. The third-order valence-corrected chi connectivity index (χ3v) is 7.01. The van der Waals surface area contributed by atoms with Crippen molar-refractivity contribution in [1.82, 2.24) is 4.90 Å². The molecule has 10 atom stereocenters. The molecule has 0 aliphatic carbocycles. The number of hydrogen-bond acceptors (Lipinski definition) is 8. The Balaban J connectivity index is 3.36. The third-order valence-electron chi connectivity index (χ3n) is 7.01. The molecule has 1 saturated heterocycles. The molecule has 8 heteroatoms. The maximum absolute atomic E-state index is 12.7. The molecule has 5 N–H and O–H groups in total. The number of carbonyl (C=O) groups excluding carboxylic acids is 1. The highest BCUT2D eigenvalue weighted by atomic mass is 16.6.